The van der Waals surface area contributed by atoms with Crippen LogP contribution in [0.15, 0.2) is 30.3 Å². The van der Waals surface area contributed by atoms with Gasteiger partial charge in [-0.1, -0.05) is 12.1 Å². The van der Waals surface area contributed by atoms with Crippen molar-refractivity contribution in [3.05, 3.63) is 53.0 Å². The number of fused-ring (bicyclic) bond motifs is 1. The molecular weight excluding hydrogens is 391 g/mol. The maximum atomic E-state index is 13.1. The lowest BCUT2D eigenvalue weighted by Gasteiger charge is -2.34. The minimum atomic E-state index is -3.73. The van der Waals surface area contributed by atoms with Crippen molar-refractivity contribution in [3.63, 3.8) is 0 Å². The number of pyridine rings is 1. The lowest BCUT2D eigenvalue weighted by atomic mass is 10.0. The zero-order valence-electron chi connectivity index (χ0n) is 15.3. The highest BCUT2D eigenvalue weighted by Crippen LogP contribution is 2.35. The molecular formula is C18H19FN2O6S. The second-order valence-electron chi connectivity index (χ2n) is 6.47. The standard InChI is InChI=1S/C18H19FN2O6S/c1-11-13(7-12-3-5-14(19)6-4-12)8-16-17(20-11)26-9-15(21(16)18(22)23)10-27-28(2,24)25/h3-6,8,15H,7,9-10H2,1-2H3,(H,22,23)/t15-/m1/s1. The number of hydrogen-bond acceptors (Lipinski definition) is 6. The largest absolute Gasteiger partial charge is 0.474 e. The highest BCUT2D eigenvalue weighted by atomic mass is 32.2. The lowest BCUT2D eigenvalue weighted by Crippen LogP contribution is -2.49. The summed E-state index contributed by atoms with van der Waals surface area (Å²) in [5.74, 6) is -0.193. The van der Waals surface area contributed by atoms with Gasteiger partial charge in [0.15, 0.2) is 0 Å². The van der Waals surface area contributed by atoms with Crippen LogP contribution in [0, 0.1) is 12.7 Å². The highest BCUT2D eigenvalue weighted by Gasteiger charge is 2.35. The van der Waals surface area contributed by atoms with E-state index in [9.17, 15) is 22.7 Å². The quantitative estimate of drug-likeness (QED) is 0.754. The maximum Gasteiger partial charge on any atom is 0.412 e. The first kappa shape index (κ1) is 20.0. The number of nitrogens with zero attached hydrogens (tertiary/aromatic N) is 2. The summed E-state index contributed by atoms with van der Waals surface area (Å²) in [4.78, 5) is 17.2. The Kier molecular flexibility index (Phi) is 5.52. The van der Waals surface area contributed by atoms with E-state index in [1.165, 1.54) is 12.1 Å². The molecule has 10 heteroatoms. The molecule has 3 rings (SSSR count). The topological polar surface area (TPSA) is 106 Å². The molecule has 0 radical (unpaired) electrons. The van der Waals surface area contributed by atoms with Gasteiger partial charge in [0.25, 0.3) is 10.1 Å². The Labute approximate surface area is 161 Å². The second-order valence-corrected chi connectivity index (χ2v) is 8.11. The summed E-state index contributed by atoms with van der Waals surface area (Å²) in [5, 5.41) is 9.66. The molecule has 1 N–H and O–H groups in total. The Morgan fingerprint density at radius 3 is 2.68 bits per heavy atom. The van der Waals surface area contributed by atoms with Crippen molar-refractivity contribution in [2.75, 3.05) is 24.4 Å². The Bertz CT molecular complexity index is 994. The van der Waals surface area contributed by atoms with E-state index in [1.54, 1.807) is 25.1 Å². The normalized spacial score (nSPS) is 16.4. The van der Waals surface area contributed by atoms with Crippen LogP contribution in [0.3, 0.4) is 0 Å². The number of halogens is 1. The molecule has 1 amide bonds. The number of carbonyl (C=O) groups is 1. The van der Waals surface area contributed by atoms with Crippen LogP contribution in [-0.2, 0) is 20.7 Å². The molecule has 1 aliphatic rings. The molecule has 2 aromatic rings. The van der Waals surface area contributed by atoms with Crippen molar-refractivity contribution >= 4 is 21.9 Å². The van der Waals surface area contributed by atoms with E-state index >= 15 is 0 Å². The molecule has 1 atom stereocenters. The van der Waals surface area contributed by atoms with Gasteiger partial charge < -0.3 is 9.84 Å². The third-order valence-corrected chi connectivity index (χ3v) is 4.85. The van der Waals surface area contributed by atoms with Crippen LogP contribution in [0.4, 0.5) is 14.9 Å². The van der Waals surface area contributed by atoms with Gasteiger partial charge >= 0.3 is 6.09 Å². The summed E-state index contributed by atoms with van der Waals surface area (Å²) in [6.45, 7) is 1.32. The third kappa shape index (κ3) is 4.57. The number of rotatable bonds is 5. The third-order valence-electron chi connectivity index (χ3n) is 4.29. The number of anilines is 1. The smallest absolute Gasteiger partial charge is 0.412 e. The van der Waals surface area contributed by atoms with Crippen molar-refractivity contribution in [2.45, 2.75) is 19.4 Å². The maximum absolute atomic E-state index is 13.1. The van der Waals surface area contributed by atoms with Gasteiger partial charge in [-0.3, -0.25) is 9.08 Å². The molecule has 150 valence electrons. The number of benzene rings is 1. The zero-order valence-corrected chi connectivity index (χ0v) is 16.1. The number of aryl methyl sites for hydroxylation is 1. The van der Waals surface area contributed by atoms with E-state index in [-0.39, 0.29) is 30.6 Å². The van der Waals surface area contributed by atoms with Crippen LogP contribution in [0.1, 0.15) is 16.8 Å². The van der Waals surface area contributed by atoms with E-state index in [0.29, 0.717) is 12.1 Å². The van der Waals surface area contributed by atoms with Crippen LogP contribution in [-0.4, -0.2) is 50.1 Å². The first-order valence-corrected chi connectivity index (χ1v) is 10.2. The van der Waals surface area contributed by atoms with Crippen molar-refractivity contribution in [3.8, 4) is 5.88 Å². The summed E-state index contributed by atoms with van der Waals surface area (Å²) in [6.07, 6.45) is 0.0382. The van der Waals surface area contributed by atoms with Gasteiger partial charge in [0.1, 0.15) is 18.1 Å². The number of carboxylic acid groups (broad SMARTS) is 1. The first-order valence-electron chi connectivity index (χ1n) is 8.38. The van der Waals surface area contributed by atoms with Crippen LogP contribution in [0.25, 0.3) is 0 Å². The van der Waals surface area contributed by atoms with Crippen molar-refractivity contribution in [1.82, 2.24) is 4.98 Å². The van der Waals surface area contributed by atoms with Crippen LogP contribution in [0.5, 0.6) is 5.88 Å². The van der Waals surface area contributed by atoms with Crippen LogP contribution < -0.4 is 9.64 Å². The fourth-order valence-electron chi connectivity index (χ4n) is 2.92. The molecule has 1 aromatic carbocycles. The molecule has 0 saturated heterocycles. The lowest BCUT2D eigenvalue weighted by molar-refractivity contribution is 0.169. The minimum Gasteiger partial charge on any atom is -0.474 e. The van der Waals surface area contributed by atoms with Gasteiger partial charge in [-0.15, -0.1) is 0 Å². The van der Waals surface area contributed by atoms with Gasteiger partial charge in [0.2, 0.25) is 5.88 Å². The Hall–Kier alpha value is -2.72. The number of amides is 1. The van der Waals surface area contributed by atoms with E-state index in [4.69, 9.17) is 8.92 Å². The summed E-state index contributed by atoms with van der Waals surface area (Å²) >= 11 is 0. The van der Waals surface area contributed by atoms with E-state index in [2.05, 4.69) is 4.98 Å². The fourth-order valence-corrected chi connectivity index (χ4v) is 3.33. The van der Waals surface area contributed by atoms with E-state index in [0.717, 1.165) is 22.3 Å². The van der Waals surface area contributed by atoms with E-state index in [1.807, 2.05) is 0 Å². The summed E-state index contributed by atoms with van der Waals surface area (Å²) in [5.41, 5.74) is 2.44. The van der Waals surface area contributed by atoms with Gasteiger partial charge in [-0.2, -0.15) is 8.42 Å². The average molecular weight is 410 g/mol. The summed E-state index contributed by atoms with van der Waals surface area (Å²) in [7, 11) is -3.73. The second kappa shape index (κ2) is 7.72. The molecule has 2 heterocycles. The monoisotopic (exact) mass is 410 g/mol. The predicted molar refractivity (Wildman–Crippen MR) is 98.8 cm³/mol. The molecule has 0 unspecified atom stereocenters. The van der Waals surface area contributed by atoms with Crippen LogP contribution >= 0.6 is 0 Å². The molecule has 0 saturated carbocycles. The molecule has 0 bridgehead atoms. The van der Waals surface area contributed by atoms with Gasteiger partial charge in [0.05, 0.1) is 18.9 Å². The SMILES string of the molecule is Cc1nc2c(cc1Cc1ccc(F)cc1)N(C(=O)O)[C@@H](COS(C)(=O)=O)CO2. The fraction of sp³-hybridized carbons (Fsp3) is 0.333. The van der Waals surface area contributed by atoms with E-state index < -0.39 is 22.3 Å². The zero-order chi connectivity index (χ0) is 20.5. The van der Waals surface area contributed by atoms with Gasteiger partial charge in [-0.05, 0) is 42.7 Å². The van der Waals surface area contributed by atoms with Gasteiger partial charge in [-0.25, -0.2) is 14.2 Å². The number of ether oxygens (including phenoxy) is 1. The van der Waals surface area contributed by atoms with Crippen molar-refractivity contribution in [1.29, 1.82) is 0 Å². The molecule has 0 spiro atoms. The molecule has 28 heavy (non-hydrogen) atoms. The summed E-state index contributed by atoms with van der Waals surface area (Å²) < 4.78 is 45.9. The molecule has 0 aliphatic carbocycles. The van der Waals surface area contributed by atoms with Crippen molar-refractivity contribution < 1.29 is 31.6 Å². The Morgan fingerprint density at radius 2 is 2.07 bits per heavy atom. The van der Waals surface area contributed by atoms with Gasteiger partial charge in [0, 0.05) is 5.69 Å². The Balaban J connectivity index is 1.93. The molecule has 1 aromatic heterocycles. The van der Waals surface area contributed by atoms with Crippen LogP contribution in [0.2, 0.25) is 0 Å². The predicted octanol–water partition coefficient (Wildman–Crippen LogP) is 2.34. The van der Waals surface area contributed by atoms with Crippen molar-refractivity contribution in [2.24, 2.45) is 0 Å². The first-order chi connectivity index (χ1) is 13.1. The molecule has 1 aliphatic heterocycles. The molecule has 0 fully saturated rings. The number of aromatic nitrogens is 1. The Morgan fingerprint density at radius 1 is 1.39 bits per heavy atom. The summed E-state index contributed by atoms with van der Waals surface area (Å²) in [6, 6.07) is 6.78. The number of hydrogen-bond donors (Lipinski definition) is 1. The minimum absolute atomic E-state index is 0.0848. The molecule has 8 nitrogen and oxygen atoms in total. The average Bonchev–Trinajstić information content (AvgIpc) is 2.61. The highest BCUT2D eigenvalue weighted by molar-refractivity contribution is 7.85.